The standard InChI is InChI=1S/C14H13N3O/c1-18-10-17-9-12(13-6-2-3-7-15-13)11-5-4-8-16-14(11)17/h2-9H,10H2,1H3. The third-order valence-corrected chi connectivity index (χ3v) is 2.84. The van der Waals surface area contributed by atoms with Gasteiger partial charge in [0.05, 0.1) is 5.69 Å². The lowest BCUT2D eigenvalue weighted by Crippen LogP contribution is -1.98. The molecule has 0 N–H and O–H groups in total. The van der Waals surface area contributed by atoms with Gasteiger partial charge in [-0.15, -0.1) is 0 Å². The average Bonchev–Trinajstić information content (AvgIpc) is 2.80. The summed E-state index contributed by atoms with van der Waals surface area (Å²) in [5.41, 5.74) is 2.95. The molecule has 0 fully saturated rings. The second kappa shape index (κ2) is 4.58. The van der Waals surface area contributed by atoms with E-state index in [2.05, 4.69) is 16.0 Å². The number of hydrogen-bond donors (Lipinski definition) is 0. The molecule has 0 aromatic carbocycles. The van der Waals surface area contributed by atoms with Crippen molar-refractivity contribution in [3.8, 4) is 11.3 Å². The van der Waals surface area contributed by atoms with Crippen LogP contribution in [0, 0.1) is 0 Å². The molecule has 0 saturated carbocycles. The third kappa shape index (κ3) is 1.76. The first-order valence-corrected chi connectivity index (χ1v) is 5.74. The minimum absolute atomic E-state index is 0.486. The highest BCUT2D eigenvalue weighted by atomic mass is 16.5. The van der Waals surface area contributed by atoms with Crippen molar-refractivity contribution >= 4 is 11.0 Å². The molecule has 3 aromatic rings. The number of nitrogens with zero attached hydrogens (tertiary/aromatic N) is 3. The van der Waals surface area contributed by atoms with Crippen LogP contribution in [0.2, 0.25) is 0 Å². The number of hydrogen-bond acceptors (Lipinski definition) is 3. The van der Waals surface area contributed by atoms with Gasteiger partial charge in [0, 0.05) is 36.7 Å². The smallest absolute Gasteiger partial charge is 0.142 e. The second-order valence-corrected chi connectivity index (χ2v) is 4.02. The minimum Gasteiger partial charge on any atom is -0.364 e. The highest BCUT2D eigenvalue weighted by Crippen LogP contribution is 2.27. The maximum atomic E-state index is 5.19. The minimum atomic E-state index is 0.486. The maximum Gasteiger partial charge on any atom is 0.142 e. The van der Waals surface area contributed by atoms with E-state index < -0.39 is 0 Å². The fourth-order valence-electron chi connectivity index (χ4n) is 2.09. The van der Waals surface area contributed by atoms with Crippen molar-refractivity contribution in [1.82, 2.24) is 14.5 Å². The molecular weight excluding hydrogens is 226 g/mol. The maximum absolute atomic E-state index is 5.19. The fraction of sp³-hybridized carbons (Fsp3) is 0.143. The van der Waals surface area contributed by atoms with Gasteiger partial charge in [-0.05, 0) is 24.3 Å². The lowest BCUT2D eigenvalue weighted by atomic mass is 10.1. The Balaban J connectivity index is 2.24. The lowest BCUT2D eigenvalue weighted by molar-refractivity contribution is 0.134. The molecule has 0 aliphatic rings. The molecule has 4 heteroatoms. The van der Waals surface area contributed by atoms with E-state index in [9.17, 15) is 0 Å². The normalized spacial score (nSPS) is 10.9. The summed E-state index contributed by atoms with van der Waals surface area (Å²) in [6.07, 6.45) is 5.62. The Morgan fingerprint density at radius 1 is 1.11 bits per heavy atom. The summed E-state index contributed by atoms with van der Waals surface area (Å²) in [7, 11) is 1.68. The zero-order chi connectivity index (χ0) is 12.4. The Kier molecular flexibility index (Phi) is 2.78. The molecule has 0 saturated heterocycles. The lowest BCUT2D eigenvalue weighted by Gasteiger charge is -2.00. The Morgan fingerprint density at radius 3 is 2.78 bits per heavy atom. The molecule has 0 unspecified atom stereocenters. The summed E-state index contributed by atoms with van der Waals surface area (Å²) in [5, 5.41) is 1.09. The summed E-state index contributed by atoms with van der Waals surface area (Å²) in [4.78, 5) is 8.79. The van der Waals surface area contributed by atoms with Crippen molar-refractivity contribution < 1.29 is 4.74 Å². The molecule has 0 bridgehead atoms. The van der Waals surface area contributed by atoms with Crippen LogP contribution in [0.5, 0.6) is 0 Å². The second-order valence-electron chi connectivity index (χ2n) is 4.02. The SMILES string of the molecule is COCn1cc(-c2ccccn2)c2cccnc21. The van der Waals surface area contributed by atoms with Crippen LogP contribution in [0.1, 0.15) is 0 Å². The van der Waals surface area contributed by atoms with E-state index in [1.165, 1.54) is 0 Å². The van der Waals surface area contributed by atoms with Crippen LogP contribution < -0.4 is 0 Å². The van der Waals surface area contributed by atoms with Crippen LogP contribution in [-0.2, 0) is 11.5 Å². The van der Waals surface area contributed by atoms with Crippen molar-refractivity contribution in [2.24, 2.45) is 0 Å². The molecular formula is C14H13N3O. The van der Waals surface area contributed by atoms with Crippen molar-refractivity contribution in [2.75, 3.05) is 7.11 Å². The van der Waals surface area contributed by atoms with E-state index in [-0.39, 0.29) is 0 Å². The van der Waals surface area contributed by atoms with Crippen molar-refractivity contribution in [3.05, 3.63) is 48.9 Å². The molecule has 0 radical (unpaired) electrons. The average molecular weight is 239 g/mol. The van der Waals surface area contributed by atoms with E-state index in [1.807, 2.05) is 35.0 Å². The summed E-state index contributed by atoms with van der Waals surface area (Å²) in [5.74, 6) is 0. The fourth-order valence-corrected chi connectivity index (χ4v) is 2.09. The first-order chi connectivity index (χ1) is 8.90. The van der Waals surface area contributed by atoms with Crippen molar-refractivity contribution in [1.29, 1.82) is 0 Å². The van der Waals surface area contributed by atoms with Gasteiger partial charge >= 0.3 is 0 Å². The number of methoxy groups -OCH3 is 1. The van der Waals surface area contributed by atoms with Gasteiger partial charge in [-0.25, -0.2) is 4.98 Å². The molecule has 0 aliphatic heterocycles. The van der Waals surface area contributed by atoms with E-state index in [0.29, 0.717) is 6.73 Å². The van der Waals surface area contributed by atoms with Crippen LogP contribution in [0.15, 0.2) is 48.9 Å². The van der Waals surface area contributed by atoms with Gasteiger partial charge < -0.3 is 9.30 Å². The van der Waals surface area contributed by atoms with Crippen molar-refractivity contribution in [2.45, 2.75) is 6.73 Å². The molecule has 0 amide bonds. The predicted octanol–water partition coefficient (Wildman–Crippen LogP) is 2.70. The Labute approximate surface area is 105 Å². The Hall–Kier alpha value is -2.20. The highest BCUT2D eigenvalue weighted by molar-refractivity contribution is 5.92. The summed E-state index contributed by atoms with van der Waals surface area (Å²) < 4.78 is 7.17. The molecule has 0 atom stereocenters. The zero-order valence-corrected chi connectivity index (χ0v) is 10.1. The van der Waals surface area contributed by atoms with Gasteiger partial charge in [0.2, 0.25) is 0 Å². The van der Waals surface area contributed by atoms with Crippen LogP contribution in [-0.4, -0.2) is 21.6 Å². The van der Waals surface area contributed by atoms with Crippen LogP contribution in [0.3, 0.4) is 0 Å². The number of ether oxygens (including phenoxy) is 1. The number of aromatic nitrogens is 3. The number of pyridine rings is 2. The van der Waals surface area contributed by atoms with Crippen LogP contribution in [0.4, 0.5) is 0 Å². The predicted molar refractivity (Wildman–Crippen MR) is 70.0 cm³/mol. The molecule has 3 rings (SSSR count). The molecule has 18 heavy (non-hydrogen) atoms. The van der Waals surface area contributed by atoms with Crippen LogP contribution in [0.25, 0.3) is 22.3 Å². The summed E-state index contributed by atoms with van der Waals surface area (Å²) >= 11 is 0. The van der Waals surface area contributed by atoms with Gasteiger partial charge in [0.15, 0.2) is 0 Å². The first kappa shape index (κ1) is 10.9. The quantitative estimate of drug-likeness (QED) is 0.705. The van der Waals surface area contributed by atoms with E-state index in [1.54, 1.807) is 19.5 Å². The van der Waals surface area contributed by atoms with Gasteiger partial charge in [-0.2, -0.15) is 0 Å². The molecule has 3 aromatic heterocycles. The Morgan fingerprint density at radius 2 is 2.00 bits per heavy atom. The first-order valence-electron chi connectivity index (χ1n) is 5.74. The van der Waals surface area contributed by atoms with Gasteiger partial charge in [0.25, 0.3) is 0 Å². The van der Waals surface area contributed by atoms with Gasteiger partial charge in [0.1, 0.15) is 12.4 Å². The summed E-state index contributed by atoms with van der Waals surface area (Å²) in [6, 6.07) is 9.89. The van der Waals surface area contributed by atoms with Crippen molar-refractivity contribution in [3.63, 3.8) is 0 Å². The monoisotopic (exact) mass is 239 g/mol. The highest BCUT2D eigenvalue weighted by Gasteiger charge is 2.11. The van der Waals surface area contributed by atoms with Gasteiger partial charge in [-0.1, -0.05) is 6.07 Å². The largest absolute Gasteiger partial charge is 0.364 e. The molecule has 0 spiro atoms. The number of fused-ring (bicyclic) bond motifs is 1. The summed E-state index contributed by atoms with van der Waals surface area (Å²) in [6.45, 7) is 0.486. The molecule has 3 heterocycles. The number of rotatable bonds is 3. The van der Waals surface area contributed by atoms with Gasteiger partial charge in [-0.3, -0.25) is 4.98 Å². The molecule has 0 aliphatic carbocycles. The molecule has 90 valence electrons. The zero-order valence-electron chi connectivity index (χ0n) is 10.1. The topological polar surface area (TPSA) is 39.9 Å². The Bertz CT molecular complexity index is 661. The van der Waals surface area contributed by atoms with E-state index >= 15 is 0 Å². The van der Waals surface area contributed by atoms with E-state index in [0.717, 1.165) is 22.3 Å². The van der Waals surface area contributed by atoms with E-state index in [4.69, 9.17) is 4.74 Å². The third-order valence-electron chi connectivity index (χ3n) is 2.84. The molecule has 4 nitrogen and oxygen atoms in total. The van der Waals surface area contributed by atoms with Crippen LogP contribution >= 0.6 is 0 Å².